The first-order valence-corrected chi connectivity index (χ1v) is 13.6. The summed E-state index contributed by atoms with van der Waals surface area (Å²) in [6.07, 6.45) is 1.57. The van der Waals surface area contributed by atoms with Crippen LogP contribution in [0.2, 0.25) is 0 Å². The van der Waals surface area contributed by atoms with Gasteiger partial charge in [0.05, 0.1) is 17.2 Å². The quantitative estimate of drug-likeness (QED) is 0.126. The predicted molar refractivity (Wildman–Crippen MR) is 164 cm³/mol. The highest BCUT2D eigenvalue weighted by atomic mass is 79.9. The number of aromatic nitrogens is 1. The Balaban J connectivity index is 1.22. The SMILES string of the molecule is O=C(Cn1c2ccccc2c(=O)c2ccccc21)N/N=C\c1cc(Br)ccc1OCc1cccc2ccccc12. The number of amides is 1. The molecule has 0 spiro atoms. The number of nitrogens with one attached hydrogen (secondary N) is 1. The van der Waals surface area contributed by atoms with Gasteiger partial charge in [0.2, 0.25) is 0 Å². The number of fused-ring (bicyclic) bond motifs is 3. The van der Waals surface area contributed by atoms with Crippen molar-refractivity contribution in [2.24, 2.45) is 5.10 Å². The molecule has 0 radical (unpaired) electrons. The third kappa shape index (κ3) is 5.11. The van der Waals surface area contributed by atoms with Gasteiger partial charge in [-0.2, -0.15) is 5.10 Å². The third-order valence-electron chi connectivity index (χ3n) is 6.81. The van der Waals surface area contributed by atoms with E-state index in [-0.39, 0.29) is 17.9 Å². The molecule has 7 heteroatoms. The zero-order valence-electron chi connectivity index (χ0n) is 21.4. The van der Waals surface area contributed by atoms with E-state index in [0.717, 1.165) is 20.8 Å². The Morgan fingerprint density at radius 3 is 2.23 bits per heavy atom. The zero-order valence-corrected chi connectivity index (χ0v) is 23.0. The van der Waals surface area contributed by atoms with E-state index in [0.29, 0.717) is 39.7 Å². The van der Waals surface area contributed by atoms with Crippen molar-refractivity contribution < 1.29 is 9.53 Å². The van der Waals surface area contributed by atoms with Gasteiger partial charge in [-0.1, -0.05) is 82.7 Å². The van der Waals surface area contributed by atoms with Crippen molar-refractivity contribution in [3.63, 3.8) is 0 Å². The molecule has 0 aliphatic heterocycles. The molecule has 6 nitrogen and oxygen atoms in total. The van der Waals surface area contributed by atoms with Crippen LogP contribution in [-0.4, -0.2) is 16.7 Å². The lowest BCUT2D eigenvalue weighted by atomic mass is 10.1. The van der Waals surface area contributed by atoms with E-state index in [1.165, 1.54) is 0 Å². The molecule has 0 atom stereocenters. The molecule has 1 N–H and O–H groups in total. The average Bonchev–Trinajstić information content (AvgIpc) is 2.99. The van der Waals surface area contributed by atoms with Crippen LogP contribution in [0.15, 0.2) is 124 Å². The molecule has 196 valence electrons. The number of halogens is 1. The molecule has 40 heavy (non-hydrogen) atoms. The standard InChI is InChI=1S/C33H24BrN3O3/c34-25-16-17-31(40-21-23-10-7-9-22-8-1-2-11-26(22)23)24(18-25)19-35-36-32(38)20-37-29-14-5-3-12-27(29)33(39)28-13-4-6-15-30(28)37/h1-19H,20-21H2,(H,36,38)/b35-19-. The van der Waals surface area contributed by atoms with Gasteiger partial charge in [0.15, 0.2) is 5.43 Å². The van der Waals surface area contributed by atoms with Crippen LogP contribution in [0, 0.1) is 0 Å². The van der Waals surface area contributed by atoms with Crippen molar-refractivity contribution >= 4 is 60.6 Å². The molecular weight excluding hydrogens is 566 g/mol. The number of nitrogens with zero attached hydrogens (tertiary/aromatic N) is 2. The van der Waals surface area contributed by atoms with Gasteiger partial charge in [-0.3, -0.25) is 9.59 Å². The molecule has 0 bridgehead atoms. The Hall–Kier alpha value is -4.75. The van der Waals surface area contributed by atoms with Gasteiger partial charge in [-0.05, 0) is 58.8 Å². The number of rotatable bonds is 7. The summed E-state index contributed by atoms with van der Waals surface area (Å²) in [7, 11) is 0. The van der Waals surface area contributed by atoms with Crippen LogP contribution in [0.5, 0.6) is 5.75 Å². The van der Waals surface area contributed by atoms with E-state index in [1.54, 1.807) is 18.3 Å². The average molecular weight is 590 g/mol. The Labute approximate surface area is 238 Å². The third-order valence-corrected chi connectivity index (χ3v) is 7.30. The first-order valence-electron chi connectivity index (χ1n) is 12.8. The van der Waals surface area contributed by atoms with Gasteiger partial charge < -0.3 is 9.30 Å². The maximum atomic E-state index is 13.0. The molecule has 0 unspecified atom stereocenters. The van der Waals surface area contributed by atoms with Gasteiger partial charge in [0.1, 0.15) is 18.9 Å². The number of pyridine rings is 1. The number of hydrogen-bond acceptors (Lipinski definition) is 4. The Kier molecular flexibility index (Phi) is 7.12. The largest absolute Gasteiger partial charge is 0.488 e. The molecule has 1 aromatic heterocycles. The second-order valence-corrected chi connectivity index (χ2v) is 10.3. The minimum Gasteiger partial charge on any atom is -0.488 e. The first kappa shape index (κ1) is 25.5. The lowest BCUT2D eigenvalue weighted by molar-refractivity contribution is -0.121. The van der Waals surface area contributed by atoms with Crippen LogP contribution in [0.1, 0.15) is 11.1 Å². The highest BCUT2D eigenvalue weighted by Gasteiger charge is 2.13. The highest BCUT2D eigenvalue weighted by molar-refractivity contribution is 9.10. The fourth-order valence-corrected chi connectivity index (χ4v) is 5.30. The number of hydrazone groups is 1. The zero-order chi connectivity index (χ0) is 27.5. The molecule has 0 fully saturated rings. The summed E-state index contributed by atoms with van der Waals surface area (Å²) in [5.74, 6) is 0.329. The lowest BCUT2D eigenvalue weighted by Gasteiger charge is -2.14. The van der Waals surface area contributed by atoms with Crippen LogP contribution in [0.25, 0.3) is 32.6 Å². The van der Waals surface area contributed by atoms with Crippen molar-refractivity contribution in [1.82, 2.24) is 9.99 Å². The topological polar surface area (TPSA) is 72.7 Å². The van der Waals surface area contributed by atoms with Crippen LogP contribution >= 0.6 is 15.9 Å². The van der Waals surface area contributed by atoms with E-state index in [1.807, 2.05) is 77.4 Å². The van der Waals surface area contributed by atoms with Crippen molar-refractivity contribution in [3.8, 4) is 5.75 Å². The van der Waals surface area contributed by atoms with Gasteiger partial charge in [-0.25, -0.2) is 5.43 Å². The molecule has 6 rings (SSSR count). The summed E-state index contributed by atoms with van der Waals surface area (Å²) >= 11 is 3.51. The summed E-state index contributed by atoms with van der Waals surface area (Å²) in [6.45, 7) is 0.393. The molecule has 0 aliphatic carbocycles. The monoisotopic (exact) mass is 589 g/mol. The summed E-state index contributed by atoms with van der Waals surface area (Å²) in [4.78, 5) is 26.0. The fourth-order valence-electron chi connectivity index (χ4n) is 4.93. The summed E-state index contributed by atoms with van der Waals surface area (Å²) in [5, 5.41) is 7.66. The van der Waals surface area contributed by atoms with Gasteiger partial charge >= 0.3 is 0 Å². The smallest absolute Gasteiger partial charge is 0.260 e. The molecule has 5 aromatic carbocycles. The second kappa shape index (κ2) is 11.2. The Morgan fingerprint density at radius 1 is 0.825 bits per heavy atom. The normalized spacial score (nSPS) is 11.4. The Morgan fingerprint density at radius 2 is 1.48 bits per heavy atom. The molecule has 1 amide bonds. The molecule has 6 aromatic rings. The van der Waals surface area contributed by atoms with Crippen molar-refractivity contribution in [3.05, 3.63) is 135 Å². The van der Waals surface area contributed by atoms with E-state index in [2.05, 4.69) is 50.7 Å². The number of carbonyl (C=O) groups excluding carboxylic acids is 1. The lowest BCUT2D eigenvalue weighted by Crippen LogP contribution is -2.25. The van der Waals surface area contributed by atoms with Crippen molar-refractivity contribution in [2.75, 3.05) is 0 Å². The molecule has 0 aliphatic rings. The number of benzene rings is 5. The minimum absolute atomic E-state index is 0.00156. The maximum Gasteiger partial charge on any atom is 0.260 e. The number of carbonyl (C=O) groups is 1. The van der Waals surface area contributed by atoms with Gasteiger partial charge in [0.25, 0.3) is 5.91 Å². The predicted octanol–water partition coefficient (Wildman–Crippen LogP) is 6.80. The summed E-state index contributed by atoms with van der Waals surface area (Å²) in [6, 6.07) is 34.7. The van der Waals surface area contributed by atoms with Crippen LogP contribution in [0.3, 0.4) is 0 Å². The van der Waals surface area contributed by atoms with Crippen LogP contribution in [0.4, 0.5) is 0 Å². The van der Waals surface area contributed by atoms with E-state index in [4.69, 9.17) is 4.74 Å². The molecule has 0 saturated carbocycles. The minimum atomic E-state index is -0.316. The maximum absolute atomic E-state index is 13.0. The second-order valence-electron chi connectivity index (χ2n) is 9.35. The molecule has 0 saturated heterocycles. The van der Waals surface area contributed by atoms with Crippen molar-refractivity contribution in [1.29, 1.82) is 0 Å². The number of para-hydroxylation sites is 2. The van der Waals surface area contributed by atoms with E-state index in [9.17, 15) is 9.59 Å². The Bertz CT molecular complexity index is 1920. The first-order chi connectivity index (χ1) is 19.6. The van der Waals surface area contributed by atoms with Crippen LogP contribution in [-0.2, 0) is 17.9 Å². The number of ether oxygens (including phenoxy) is 1. The fraction of sp³-hybridized carbons (Fsp3) is 0.0606. The highest BCUT2D eigenvalue weighted by Crippen LogP contribution is 2.25. The van der Waals surface area contributed by atoms with E-state index < -0.39 is 0 Å². The molecule has 1 heterocycles. The van der Waals surface area contributed by atoms with Gasteiger partial charge in [0, 0.05) is 20.8 Å². The van der Waals surface area contributed by atoms with Gasteiger partial charge in [-0.15, -0.1) is 0 Å². The molecular formula is C33H24BrN3O3. The van der Waals surface area contributed by atoms with E-state index >= 15 is 0 Å². The summed E-state index contributed by atoms with van der Waals surface area (Å²) in [5.41, 5.74) is 5.77. The number of hydrogen-bond donors (Lipinski definition) is 1. The summed E-state index contributed by atoms with van der Waals surface area (Å²) < 4.78 is 8.90. The van der Waals surface area contributed by atoms with Crippen LogP contribution < -0.4 is 15.6 Å². The van der Waals surface area contributed by atoms with Crippen molar-refractivity contribution in [2.45, 2.75) is 13.2 Å².